The van der Waals surface area contributed by atoms with Crippen LogP contribution in [0.4, 0.5) is 5.69 Å². The van der Waals surface area contributed by atoms with Crippen LogP contribution in [0.3, 0.4) is 0 Å². The summed E-state index contributed by atoms with van der Waals surface area (Å²) >= 11 is 0. The number of hydrogen-bond acceptors (Lipinski definition) is 4. The Hall–Kier alpha value is -3.02. The SMILES string of the molecule is CCCNC(=O)[C@H]1CN(CC(=O)NCCc2ccccc2)c2ccccc2O1. The summed E-state index contributed by atoms with van der Waals surface area (Å²) in [6.07, 6.45) is 1.02. The molecule has 0 radical (unpaired) electrons. The first-order chi connectivity index (χ1) is 13.7. The lowest BCUT2D eigenvalue weighted by molar-refractivity contribution is -0.128. The molecular weight excluding hydrogens is 354 g/mol. The topological polar surface area (TPSA) is 70.7 Å². The average molecular weight is 381 g/mol. The van der Waals surface area contributed by atoms with Crippen LogP contribution in [0.25, 0.3) is 0 Å². The number of nitrogens with one attached hydrogen (secondary N) is 2. The normalized spacial score (nSPS) is 15.3. The molecule has 1 heterocycles. The van der Waals surface area contributed by atoms with Gasteiger partial charge in [-0.2, -0.15) is 0 Å². The van der Waals surface area contributed by atoms with E-state index in [0.717, 1.165) is 18.5 Å². The van der Waals surface area contributed by atoms with Crippen molar-refractivity contribution in [3.05, 3.63) is 60.2 Å². The fourth-order valence-corrected chi connectivity index (χ4v) is 3.18. The molecule has 0 spiro atoms. The monoisotopic (exact) mass is 381 g/mol. The minimum Gasteiger partial charge on any atom is -0.477 e. The van der Waals surface area contributed by atoms with E-state index in [4.69, 9.17) is 4.74 Å². The van der Waals surface area contributed by atoms with Gasteiger partial charge in [0.2, 0.25) is 5.91 Å². The van der Waals surface area contributed by atoms with Crippen LogP contribution in [-0.4, -0.2) is 44.1 Å². The van der Waals surface area contributed by atoms with Crippen LogP contribution in [0.2, 0.25) is 0 Å². The van der Waals surface area contributed by atoms with E-state index in [-0.39, 0.29) is 18.4 Å². The molecule has 3 rings (SSSR count). The number of ether oxygens (including phenoxy) is 1. The van der Waals surface area contributed by atoms with E-state index < -0.39 is 6.10 Å². The van der Waals surface area contributed by atoms with E-state index >= 15 is 0 Å². The molecule has 2 aromatic rings. The van der Waals surface area contributed by atoms with Gasteiger partial charge in [-0.1, -0.05) is 49.4 Å². The summed E-state index contributed by atoms with van der Waals surface area (Å²) in [5, 5.41) is 5.83. The summed E-state index contributed by atoms with van der Waals surface area (Å²) in [4.78, 5) is 26.7. The number of carbonyl (C=O) groups is 2. The Kier molecular flexibility index (Phi) is 6.89. The molecule has 0 saturated heterocycles. The van der Waals surface area contributed by atoms with Crippen molar-refractivity contribution in [2.75, 3.05) is 31.1 Å². The highest BCUT2D eigenvalue weighted by atomic mass is 16.5. The van der Waals surface area contributed by atoms with Crippen LogP contribution in [-0.2, 0) is 16.0 Å². The number of hydrogen-bond donors (Lipinski definition) is 2. The van der Waals surface area contributed by atoms with Gasteiger partial charge in [-0.05, 0) is 30.5 Å². The van der Waals surface area contributed by atoms with E-state index in [0.29, 0.717) is 25.4 Å². The van der Waals surface area contributed by atoms with Crippen LogP contribution >= 0.6 is 0 Å². The molecule has 0 unspecified atom stereocenters. The van der Waals surface area contributed by atoms with Gasteiger partial charge in [-0.25, -0.2) is 0 Å². The molecule has 6 heteroatoms. The van der Waals surface area contributed by atoms with Crippen molar-refractivity contribution < 1.29 is 14.3 Å². The third-order valence-corrected chi connectivity index (χ3v) is 4.62. The van der Waals surface area contributed by atoms with Gasteiger partial charge in [0.15, 0.2) is 6.10 Å². The lowest BCUT2D eigenvalue weighted by Gasteiger charge is -2.35. The third-order valence-electron chi connectivity index (χ3n) is 4.62. The van der Waals surface area contributed by atoms with Gasteiger partial charge in [0.25, 0.3) is 5.91 Å². The maximum absolute atomic E-state index is 12.5. The summed E-state index contributed by atoms with van der Waals surface area (Å²) in [5.41, 5.74) is 2.02. The third kappa shape index (κ3) is 5.25. The Balaban J connectivity index is 1.59. The first-order valence-corrected chi connectivity index (χ1v) is 9.76. The number of anilines is 1. The first kappa shape index (κ1) is 19.7. The number of benzene rings is 2. The molecule has 148 valence electrons. The molecule has 28 heavy (non-hydrogen) atoms. The van der Waals surface area contributed by atoms with Gasteiger partial charge in [-0.15, -0.1) is 0 Å². The number of carbonyl (C=O) groups excluding carboxylic acids is 2. The molecule has 1 aliphatic rings. The second-order valence-corrected chi connectivity index (χ2v) is 6.83. The summed E-state index contributed by atoms with van der Waals surface area (Å²) in [6, 6.07) is 17.6. The maximum atomic E-state index is 12.5. The standard InChI is InChI=1S/C22H27N3O3/c1-2-13-24-22(27)20-15-25(18-10-6-7-11-19(18)28-20)16-21(26)23-14-12-17-8-4-3-5-9-17/h3-11,20H,2,12-16H2,1H3,(H,23,26)(H,24,27)/t20-/m1/s1. The van der Waals surface area contributed by atoms with Crippen molar-refractivity contribution in [1.29, 1.82) is 0 Å². The summed E-state index contributed by atoms with van der Waals surface area (Å²) < 4.78 is 5.86. The van der Waals surface area contributed by atoms with E-state index in [1.165, 1.54) is 5.56 Å². The molecule has 2 amide bonds. The lowest BCUT2D eigenvalue weighted by atomic mass is 10.1. The molecule has 2 N–H and O–H groups in total. The smallest absolute Gasteiger partial charge is 0.262 e. The van der Waals surface area contributed by atoms with Crippen LogP contribution in [0.1, 0.15) is 18.9 Å². The van der Waals surface area contributed by atoms with Crippen LogP contribution in [0.15, 0.2) is 54.6 Å². The second kappa shape index (κ2) is 9.78. The fraction of sp³-hybridized carbons (Fsp3) is 0.364. The zero-order chi connectivity index (χ0) is 19.8. The second-order valence-electron chi connectivity index (χ2n) is 6.83. The van der Waals surface area contributed by atoms with Crippen LogP contribution < -0.4 is 20.3 Å². The molecule has 1 atom stereocenters. The number of para-hydroxylation sites is 2. The molecule has 0 bridgehead atoms. The largest absolute Gasteiger partial charge is 0.477 e. The van der Waals surface area contributed by atoms with Crippen molar-refractivity contribution in [1.82, 2.24) is 10.6 Å². The zero-order valence-electron chi connectivity index (χ0n) is 16.2. The van der Waals surface area contributed by atoms with E-state index in [2.05, 4.69) is 10.6 Å². The molecule has 0 aliphatic carbocycles. The van der Waals surface area contributed by atoms with Gasteiger partial charge in [0.1, 0.15) is 5.75 Å². The number of nitrogens with zero attached hydrogens (tertiary/aromatic N) is 1. The van der Waals surface area contributed by atoms with Gasteiger partial charge in [0, 0.05) is 13.1 Å². The number of amides is 2. The van der Waals surface area contributed by atoms with Crippen molar-refractivity contribution in [2.24, 2.45) is 0 Å². The molecule has 0 fully saturated rings. The summed E-state index contributed by atoms with van der Waals surface area (Å²) in [7, 11) is 0. The van der Waals surface area contributed by atoms with Crippen molar-refractivity contribution in [3.8, 4) is 5.75 Å². The van der Waals surface area contributed by atoms with Crippen molar-refractivity contribution in [2.45, 2.75) is 25.9 Å². The highest BCUT2D eigenvalue weighted by Gasteiger charge is 2.31. The summed E-state index contributed by atoms with van der Waals surface area (Å²) in [5.74, 6) is 0.411. The molecule has 0 saturated carbocycles. The minimum absolute atomic E-state index is 0.0691. The maximum Gasteiger partial charge on any atom is 0.262 e. The number of rotatable bonds is 8. The Morgan fingerprint density at radius 2 is 1.79 bits per heavy atom. The summed E-state index contributed by atoms with van der Waals surface area (Å²) in [6.45, 7) is 3.73. The van der Waals surface area contributed by atoms with Gasteiger partial charge in [-0.3, -0.25) is 9.59 Å². The van der Waals surface area contributed by atoms with E-state index in [1.807, 2.05) is 66.4 Å². The highest BCUT2D eigenvalue weighted by molar-refractivity contribution is 5.86. The quantitative estimate of drug-likeness (QED) is 0.735. The van der Waals surface area contributed by atoms with Crippen LogP contribution in [0.5, 0.6) is 5.75 Å². The predicted molar refractivity (Wildman–Crippen MR) is 110 cm³/mol. The van der Waals surface area contributed by atoms with E-state index in [9.17, 15) is 9.59 Å². The van der Waals surface area contributed by atoms with E-state index in [1.54, 1.807) is 0 Å². The fourth-order valence-electron chi connectivity index (χ4n) is 3.18. The lowest BCUT2D eigenvalue weighted by Crippen LogP contribution is -2.51. The number of fused-ring (bicyclic) bond motifs is 1. The average Bonchev–Trinajstić information content (AvgIpc) is 2.72. The Bertz CT molecular complexity index is 795. The van der Waals surface area contributed by atoms with Gasteiger partial charge < -0.3 is 20.3 Å². The first-order valence-electron chi connectivity index (χ1n) is 9.76. The van der Waals surface area contributed by atoms with Gasteiger partial charge >= 0.3 is 0 Å². The Morgan fingerprint density at radius 1 is 1.04 bits per heavy atom. The van der Waals surface area contributed by atoms with Crippen LogP contribution in [0, 0.1) is 0 Å². The zero-order valence-corrected chi connectivity index (χ0v) is 16.2. The molecule has 6 nitrogen and oxygen atoms in total. The highest BCUT2D eigenvalue weighted by Crippen LogP contribution is 2.32. The molecule has 0 aromatic heterocycles. The van der Waals surface area contributed by atoms with Crippen molar-refractivity contribution in [3.63, 3.8) is 0 Å². The Morgan fingerprint density at radius 3 is 2.57 bits per heavy atom. The van der Waals surface area contributed by atoms with Gasteiger partial charge in [0.05, 0.1) is 18.8 Å². The Labute approximate surface area is 165 Å². The minimum atomic E-state index is -0.626. The predicted octanol–water partition coefficient (Wildman–Crippen LogP) is 2.14. The molecule has 2 aromatic carbocycles. The van der Waals surface area contributed by atoms with Crippen molar-refractivity contribution >= 4 is 17.5 Å². The molecular formula is C22H27N3O3. The molecule has 1 aliphatic heterocycles.